The molecule has 15 heavy (non-hydrogen) atoms. The number of alkyl halides is 1. The molecule has 0 saturated carbocycles. The van der Waals surface area contributed by atoms with Crippen molar-refractivity contribution in [1.29, 1.82) is 0 Å². The van der Waals surface area contributed by atoms with E-state index >= 15 is 0 Å². The molecule has 0 aromatic heterocycles. The minimum absolute atomic E-state index is 0.197. The van der Waals surface area contributed by atoms with E-state index in [9.17, 15) is 8.42 Å². The maximum Gasteiger partial charge on any atom is 0.151 e. The van der Waals surface area contributed by atoms with Crippen LogP contribution in [0.5, 0.6) is 0 Å². The van der Waals surface area contributed by atoms with Gasteiger partial charge in [-0.25, -0.2) is 8.42 Å². The van der Waals surface area contributed by atoms with Gasteiger partial charge in [0, 0.05) is 30.7 Å². The lowest BCUT2D eigenvalue weighted by molar-refractivity contribution is -0.0128. The molecule has 1 aliphatic heterocycles. The minimum Gasteiger partial charge on any atom is -0.375 e. The predicted octanol–water partition coefficient (Wildman–Crippen LogP) is 0.517. The lowest BCUT2D eigenvalue weighted by Gasteiger charge is -2.31. The molecule has 90 valence electrons. The number of morpholine rings is 1. The van der Waals surface area contributed by atoms with E-state index < -0.39 is 9.84 Å². The number of sulfone groups is 1. The zero-order chi connectivity index (χ0) is 11.3. The maximum atomic E-state index is 11.3. The molecule has 0 aliphatic carbocycles. The second-order valence-electron chi connectivity index (χ2n) is 3.68. The first-order chi connectivity index (χ1) is 7.07. The number of rotatable bonds is 5. The first-order valence-electron chi connectivity index (χ1n) is 5.17. The van der Waals surface area contributed by atoms with Crippen molar-refractivity contribution in [3.05, 3.63) is 0 Å². The molecule has 6 heteroatoms. The Kier molecular flexibility index (Phi) is 5.52. The molecule has 1 fully saturated rings. The summed E-state index contributed by atoms with van der Waals surface area (Å²) in [6, 6.07) is 0. The van der Waals surface area contributed by atoms with Gasteiger partial charge in [-0.1, -0.05) is 22.9 Å². The van der Waals surface area contributed by atoms with Crippen LogP contribution in [0.4, 0.5) is 0 Å². The van der Waals surface area contributed by atoms with Gasteiger partial charge in [-0.2, -0.15) is 0 Å². The van der Waals surface area contributed by atoms with Crippen molar-refractivity contribution >= 4 is 25.8 Å². The van der Waals surface area contributed by atoms with Crippen molar-refractivity contribution < 1.29 is 13.2 Å². The first kappa shape index (κ1) is 13.4. The fourth-order valence-electron chi connectivity index (χ4n) is 1.49. The first-order valence-corrected chi connectivity index (χ1v) is 8.12. The molecule has 1 rings (SSSR count). The Morgan fingerprint density at radius 2 is 2.27 bits per heavy atom. The van der Waals surface area contributed by atoms with Gasteiger partial charge in [-0.15, -0.1) is 0 Å². The van der Waals surface area contributed by atoms with Crippen molar-refractivity contribution in [3.63, 3.8) is 0 Å². The standard InChI is InChI=1S/C9H18BrNO3S/c1-2-15(12,13)6-4-11-3-5-14-9(7-10)8-11/h9H,2-8H2,1H3. The Hall–Kier alpha value is 0.350. The molecule has 1 saturated heterocycles. The van der Waals surface area contributed by atoms with Crippen LogP contribution in [0, 0.1) is 0 Å². The summed E-state index contributed by atoms with van der Waals surface area (Å²) < 4.78 is 28.1. The highest BCUT2D eigenvalue weighted by Crippen LogP contribution is 2.07. The molecular formula is C9H18BrNO3S. The van der Waals surface area contributed by atoms with Crippen molar-refractivity contribution in [1.82, 2.24) is 4.90 Å². The Bertz CT molecular complexity index is 281. The Labute approximate surface area is 100 Å². The summed E-state index contributed by atoms with van der Waals surface area (Å²) >= 11 is 3.37. The molecule has 0 aromatic carbocycles. The Morgan fingerprint density at radius 3 is 2.87 bits per heavy atom. The molecular weight excluding hydrogens is 282 g/mol. The summed E-state index contributed by atoms with van der Waals surface area (Å²) in [4.78, 5) is 2.16. The number of hydrogen-bond acceptors (Lipinski definition) is 4. The third-order valence-corrected chi connectivity index (χ3v) is 4.96. The van der Waals surface area contributed by atoms with E-state index in [1.54, 1.807) is 6.92 Å². The highest BCUT2D eigenvalue weighted by molar-refractivity contribution is 9.09. The summed E-state index contributed by atoms with van der Waals surface area (Å²) in [5.41, 5.74) is 0. The summed E-state index contributed by atoms with van der Waals surface area (Å²) in [6.45, 7) is 4.68. The summed E-state index contributed by atoms with van der Waals surface area (Å²) in [7, 11) is -2.84. The van der Waals surface area contributed by atoms with Gasteiger partial charge < -0.3 is 4.74 Å². The van der Waals surface area contributed by atoms with Crippen LogP contribution < -0.4 is 0 Å². The number of ether oxygens (including phenoxy) is 1. The molecule has 1 heterocycles. The molecule has 0 spiro atoms. The van der Waals surface area contributed by atoms with E-state index in [0.717, 1.165) is 18.4 Å². The van der Waals surface area contributed by atoms with Gasteiger partial charge in [0.05, 0.1) is 18.5 Å². The second-order valence-corrected chi connectivity index (χ2v) is 6.80. The van der Waals surface area contributed by atoms with Crippen LogP contribution in [0.2, 0.25) is 0 Å². The zero-order valence-corrected chi connectivity index (χ0v) is 11.4. The van der Waals surface area contributed by atoms with Crippen LogP contribution in [0.3, 0.4) is 0 Å². The van der Waals surface area contributed by atoms with E-state index in [1.165, 1.54) is 0 Å². The fourth-order valence-corrected chi connectivity index (χ4v) is 2.71. The van der Waals surface area contributed by atoms with Crippen LogP contribution in [0.25, 0.3) is 0 Å². The van der Waals surface area contributed by atoms with Crippen molar-refractivity contribution in [2.75, 3.05) is 43.1 Å². The summed E-state index contributed by atoms with van der Waals surface area (Å²) in [5.74, 6) is 0.498. The van der Waals surface area contributed by atoms with Gasteiger partial charge in [0.1, 0.15) is 0 Å². The van der Waals surface area contributed by atoms with Crippen molar-refractivity contribution in [2.24, 2.45) is 0 Å². The second kappa shape index (κ2) is 6.18. The van der Waals surface area contributed by atoms with Gasteiger partial charge in [0.15, 0.2) is 9.84 Å². The van der Waals surface area contributed by atoms with E-state index in [2.05, 4.69) is 20.8 Å². The van der Waals surface area contributed by atoms with Crippen molar-refractivity contribution in [2.45, 2.75) is 13.0 Å². The highest BCUT2D eigenvalue weighted by atomic mass is 79.9. The quantitative estimate of drug-likeness (QED) is 0.694. The van der Waals surface area contributed by atoms with Gasteiger partial charge in [0.25, 0.3) is 0 Å². The SMILES string of the molecule is CCS(=O)(=O)CCN1CCOC(CBr)C1. The zero-order valence-electron chi connectivity index (χ0n) is 8.99. The van der Waals surface area contributed by atoms with E-state index in [-0.39, 0.29) is 17.6 Å². The lowest BCUT2D eigenvalue weighted by atomic mass is 10.3. The average Bonchev–Trinajstić information content (AvgIpc) is 2.27. The third kappa shape index (κ3) is 4.80. The van der Waals surface area contributed by atoms with Gasteiger partial charge in [-0.05, 0) is 0 Å². The molecule has 0 N–H and O–H groups in total. The molecule has 4 nitrogen and oxygen atoms in total. The van der Waals surface area contributed by atoms with E-state index in [4.69, 9.17) is 4.74 Å². The third-order valence-electron chi connectivity index (χ3n) is 2.55. The molecule has 1 unspecified atom stereocenters. The van der Waals surface area contributed by atoms with Crippen LogP contribution >= 0.6 is 15.9 Å². The molecule has 0 radical (unpaired) electrons. The minimum atomic E-state index is -2.84. The number of halogens is 1. The topological polar surface area (TPSA) is 46.6 Å². The largest absolute Gasteiger partial charge is 0.375 e. The monoisotopic (exact) mass is 299 g/mol. The number of nitrogens with zero attached hydrogens (tertiary/aromatic N) is 1. The van der Waals surface area contributed by atoms with E-state index in [1.807, 2.05) is 0 Å². The molecule has 1 aliphatic rings. The molecule has 0 aromatic rings. The molecule has 1 atom stereocenters. The van der Waals surface area contributed by atoms with Crippen LogP contribution in [-0.2, 0) is 14.6 Å². The lowest BCUT2D eigenvalue weighted by Crippen LogP contribution is -2.44. The van der Waals surface area contributed by atoms with Gasteiger partial charge in [-0.3, -0.25) is 4.90 Å². The normalized spacial score (nSPS) is 24.3. The molecule has 0 bridgehead atoms. The number of hydrogen-bond donors (Lipinski definition) is 0. The molecule has 0 amide bonds. The smallest absolute Gasteiger partial charge is 0.151 e. The van der Waals surface area contributed by atoms with Crippen LogP contribution in [0.15, 0.2) is 0 Å². The fraction of sp³-hybridized carbons (Fsp3) is 1.00. The maximum absolute atomic E-state index is 11.3. The average molecular weight is 300 g/mol. The summed E-state index contributed by atoms with van der Waals surface area (Å²) in [6.07, 6.45) is 0.197. The van der Waals surface area contributed by atoms with E-state index in [0.29, 0.717) is 13.2 Å². The van der Waals surface area contributed by atoms with Crippen molar-refractivity contribution in [3.8, 4) is 0 Å². The predicted molar refractivity (Wildman–Crippen MR) is 64.3 cm³/mol. The van der Waals surface area contributed by atoms with Crippen LogP contribution in [0.1, 0.15) is 6.92 Å². The van der Waals surface area contributed by atoms with Gasteiger partial charge in [0.2, 0.25) is 0 Å². The Balaban J connectivity index is 2.33. The van der Waals surface area contributed by atoms with Gasteiger partial charge >= 0.3 is 0 Å². The highest BCUT2D eigenvalue weighted by Gasteiger charge is 2.20. The Morgan fingerprint density at radius 1 is 1.53 bits per heavy atom. The summed E-state index contributed by atoms with van der Waals surface area (Å²) in [5, 5.41) is 0.810. The van der Waals surface area contributed by atoms with Crippen LogP contribution in [-0.4, -0.2) is 62.5 Å².